The summed E-state index contributed by atoms with van der Waals surface area (Å²) in [6.07, 6.45) is 5.28. The van der Waals surface area contributed by atoms with Crippen molar-refractivity contribution in [3.05, 3.63) is 18.2 Å². The van der Waals surface area contributed by atoms with Gasteiger partial charge in [-0.3, -0.25) is 0 Å². The Kier molecular flexibility index (Phi) is 4.84. The van der Waals surface area contributed by atoms with Gasteiger partial charge in [0.2, 0.25) is 5.95 Å². The van der Waals surface area contributed by atoms with E-state index in [0.29, 0.717) is 12.5 Å². The minimum atomic E-state index is -0.432. The number of fused-ring (bicyclic) bond motifs is 1. The summed E-state index contributed by atoms with van der Waals surface area (Å²) in [4.78, 5) is 23.5. The molecular formula is C16H24FN5O2. The van der Waals surface area contributed by atoms with Crippen LogP contribution in [0.2, 0.25) is 0 Å². The molecule has 3 heterocycles. The second kappa shape index (κ2) is 6.88. The topological polar surface area (TPSA) is 70.6 Å². The molecule has 1 aromatic rings. The van der Waals surface area contributed by atoms with Crippen molar-refractivity contribution in [1.29, 1.82) is 0 Å². The van der Waals surface area contributed by atoms with Crippen LogP contribution in [0.25, 0.3) is 0 Å². The fraction of sp³-hybridized carbons (Fsp3) is 0.688. The summed E-state index contributed by atoms with van der Waals surface area (Å²) in [6.45, 7) is 2.91. The van der Waals surface area contributed by atoms with Gasteiger partial charge in [-0.15, -0.1) is 0 Å². The van der Waals surface area contributed by atoms with E-state index in [2.05, 4.69) is 20.2 Å². The predicted molar refractivity (Wildman–Crippen MR) is 87.3 cm³/mol. The van der Waals surface area contributed by atoms with Crippen molar-refractivity contribution in [1.82, 2.24) is 20.2 Å². The zero-order chi connectivity index (χ0) is 17.2. The zero-order valence-corrected chi connectivity index (χ0v) is 14.2. The lowest BCUT2D eigenvalue weighted by atomic mass is 9.74. The van der Waals surface area contributed by atoms with Crippen LogP contribution in [-0.4, -0.2) is 67.3 Å². The monoisotopic (exact) mass is 337 g/mol. The minimum absolute atomic E-state index is 0.0183. The number of amides is 2. The Morgan fingerprint density at radius 1 is 1.50 bits per heavy atom. The summed E-state index contributed by atoms with van der Waals surface area (Å²) < 4.78 is 19.0. The van der Waals surface area contributed by atoms with Crippen molar-refractivity contribution < 1.29 is 13.9 Å². The number of anilines is 1. The molecule has 3 rings (SSSR count). The van der Waals surface area contributed by atoms with Crippen molar-refractivity contribution in [2.75, 3.05) is 45.2 Å². The number of hydrogen-bond donors (Lipinski definition) is 1. The number of carbonyl (C=O) groups excluding carboxylic acids is 1. The highest BCUT2D eigenvalue weighted by atomic mass is 19.1. The Morgan fingerprint density at radius 2 is 2.25 bits per heavy atom. The predicted octanol–water partition coefficient (Wildman–Crippen LogP) is 1.26. The number of nitrogens with zero attached hydrogens (tertiary/aromatic N) is 4. The summed E-state index contributed by atoms with van der Waals surface area (Å²) in [5, 5.41) is 2.93. The van der Waals surface area contributed by atoms with E-state index < -0.39 is 5.82 Å². The Labute approximate surface area is 141 Å². The Hall–Kier alpha value is -1.96. The molecule has 0 saturated carbocycles. The summed E-state index contributed by atoms with van der Waals surface area (Å²) >= 11 is 0. The molecular weight excluding hydrogens is 313 g/mol. The van der Waals surface area contributed by atoms with E-state index >= 15 is 0 Å². The zero-order valence-electron chi connectivity index (χ0n) is 14.2. The molecule has 2 fully saturated rings. The van der Waals surface area contributed by atoms with E-state index in [1.807, 2.05) is 0 Å². The van der Waals surface area contributed by atoms with Crippen LogP contribution in [0, 0.1) is 11.2 Å². The van der Waals surface area contributed by atoms with Gasteiger partial charge in [0.1, 0.15) is 0 Å². The molecule has 2 amide bonds. The second-order valence-corrected chi connectivity index (χ2v) is 6.76. The van der Waals surface area contributed by atoms with Crippen LogP contribution in [0.15, 0.2) is 12.4 Å². The first kappa shape index (κ1) is 16.9. The number of nitrogens with one attached hydrogen (secondary N) is 1. The molecule has 0 spiro atoms. The lowest BCUT2D eigenvalue weighted by Gasteiger charge is -2.43. The molecule has 0 aromatic carbocycles. The highest BCUT2D eigenvalue weighted by Gasteiger charge is 2.47. The molecule has 2 aliphatic heterocycles. The summed E-state index contributed by atoms with van der Waals surface area (Å²) in [5.74, 6) is 0.123. The number of piperidine rings is 1. The SMILES string of the molecule is CN(C)C(=O)NCC[C@@]12CCO[C@@H]1CCN(c1ncc(F)cn1)C2. The highest BCUT2D eigenvalue weighted by Crippen LogP contribution is 2.43. The maximum absolute atomic E-state index is 13.0. The number of hydrogen-bond acceptors (Lipinski definition) is 5. The van der Waals surface area contributed by atoms with Gasteiger partial charge in [0.05, 0.1) is 18.5 Å². The molecule has 2 saturated heterocycles. The summed E-state index contributed by atoms with van der Waals surface area (Å²) in [5.41, 5.74) is -0.0183. The van der Waals surface area contributed by atoms with Gasteiger partial charge in [0, 0.05) is 45.8 Å². The van der Waals surface area contributed by atoms with Gasteiger partial charge in [0.25, 0.3) is 0 Å². The molecule has 2 aliphatic rings. The average molecular weight is 337 g/mol. The molecule has 1 aromatic heterocycles. The first-order chi connectivity index (χ1) is 11.5. The van der Waals surface area contributed by atoms with Crippen molar-refractivity contribution in [3.8, 4) is 0 Å². The third-order valence-electron chi connectivity index (χ3n) is 4.96. The smallest absolute Gasteiger partial charge is 0.316 e. The van der Waals surface area contributed by atoms with E-state index in [1.165, 1.54) is 17.3 Å². The van der Waals surface area contributed by atoms with E-state index in [-0.39, 0.29) is 17.6 Å². The van der Waals surface area contributed by atoms with Crippen LogP contribution < -0.4 is 10.2 Å². The van der Waals surface area contributed by atoms with Crippen molar-refractivity contribution in [2.24, 2.45) is 5.41 Å². The van der Waals surface area contributed by atoms with Crippen LogP contribution in [0.3, 0.4) is 0 Å². The van der Waals surface area contributed by atoms with Crippen LogP contribution in [0.4, 0.5) is 15.1 Å². The number of urea groups is 1. The van der Waals surface area contributed by atoms with E-state index in [9.17, 15) is 9.18 Å². The molecule has 0 unspecified atom stereocenters. The molecule has 132 valence electrons. The Morgan fingerprint density at radius 3 is 2.96 bits per heavy atom. The third kappa shape index (κ3) is 3.43. The second-order valence-electron chi connectivity index (χ2n) is 6.76. The minimum Gasteiger partial charge on any atom is -0.377 e. The maximum Gasteiger partial charge on any atom is 0.316 e. The number of aromatic nitrogens is 2. The van der Waals surface area contributed by atoms with Gasteiger partial charge in [-0.25, -0.2) is 19.2 Å². The number of rotatable bonds is 4. The van der Waals surface area contributed by atoms with Crippen molar-refractivity contribution >= 4 is 12.0 Å². The lowest BCUT2D eigenvalue weighted by molar-refractivity contribution is 0.0287. The fourth-order valence-electron chi connectivity index (χ4n) is 3.63. The van der Waals surface area contributed by atoms with E-state index in [4.69, 9.17) is 4.74 Å². The first-order valence-electron chi connectivity index (χ1n) is 8.29. The molecule has 0 radical (unpaired) electrons. The highest BCUT2D eigenvalue weighted by molar-refractivity contribution is 5.73. The van der Waals surface area contributed by atoms with E-state index in [1.54, 1.807) is 14.1 Å². The molecule has 1 N–H and O–H groups in total. The number of ether oxygens (including phenoxy) is 1. The molecule has 8 heteroatoms. The number of halogens is 1. The summed E-state index contributed by atoms with van der Waals surface area (Å²) in [6, 6.07) is -0.0867. The maximum atomic E-state index is 13.0. The quantitative estimate of drug-likeness (QED) is 0.896. The standard InChI is InChI=1S/C16H24FN5O2/c1-21(2)15(23)18-6-4-16-5-8-24-13(16)3-7-22(11-16)14-19-9-12(17)10-20-14/h9-10,13H,3-8,11H2,1-2H3,(H,18,23)/t13-,16+/m1/s1. The largest absolute Gasteiger partial charge is 0.377 e. The summed E-state index contributed by atoms with van der Waals surface area (Å²) in [7, 11) is 3.45. The molecule has 2 atom stereocenters. The molecule has 24 heavy (non-hydrogen) atoms. The Bertz CT molecular complexity index is 582. The molecule has 7 nitrogen and oxygen atoms in total. The van der Waals surface area contributed by atoms with Crippen molar-refractivity contribution in [3.63, 3.8) is 0 Å². The lowest BCUT2D eigenvalue weighted by Crippen LogP contribution is -2.51. The first-order valence-corrected chi connectivity index (χ1v) is 8.29. The van der Waals surface area contributed by atoms with Gasteiger partial charge in [-0.1, -0.05) is 0 Å². The van der Waals surface area contributed by atoms with Gasteiger partial charge in [-0.2, -0.15) is 0 Å². The molecule has 0 aliphatic carbocycles. The van der Waals surface area contributed by atoms with Gasteiger partial charge < -0.3 is 19.9 Å². The van der Waals surface area contributed by atoms with Gasteiger partial charge in [0.15, 0.2) is 5.82 Å². The van der Waals surface area contributed by atoms with Gasteiger partial charge >= 0.3 is 6.03 Å². The van der Waals surface area contributed by atoms with Gasteiger partial charge in [-0.05, 0) is 19.3 Å². The van der Waals surface area contributed by atoms with Crippen LogP contribution in [-0.2, 0) is 4.74 Å². The van der Waals surface area contributed by atoms with Crippen LogP contribution in [0.1, 0.15) is 19.3 Å². The van der Waals surface area contributed by atoms with Crippen LogP contribution in [0.5, 0.6) is 0 Å². The fourth-order valence-corrected chi connectivity index (χ4v) is 3.63. The number of carbonyl (C=O) groups is 1. The molecule has 0 bridgehead atoms. The Balaban J connectivity index is 1.67. The third-order valence-corrected chi connectivity index (χ3v) is 4.96. The van der Waals surface area contributed by atoms with Crippen LogP contribution >= 0.6 is 0 Å². The van der Waals surface area contributed by atoms with E-state index in [0.717, 1.165) is 39.0 Å². The van der Waals surface area contributed by atoms with Crippen molar-refractivity contribution in [2.45, 2.75) is 25.4 Å². The average Bonchev–Trinajstić information content (AvgIpc) is 2.98. The normalized spacial score (nSPS) is 26.1.